The molecule has 1 aromatic rings. The Morgan fingerprint density at radius 1 is 1.29 bits per heavy atom. The van der Waals surface area contributed by atoms with Crippen molar-refractivity contribution in [1.29, 1.82) is 0 Å². The zero-order valence-corrected chi connectivity index (χ0v) is 13.6. The maximum absolute atomic E-state index is 5.56. The van der Waals surface area contributed by atoms with E-state index in [0.29, 0.717) is 6.04 Å². The zero-order valence-electron chi connectivity index (χ0n) is 13.6. The van der Waals surface area contributed by atoms with E-state index in [0.717, 1.165) is 24.1 Å². The SMILES string of the molecule is CNC(CN1CC2CCCC2C1)c1cc(C)ccc1OC. The van der Waals surface area contributed by atoms with Crippen LogP contribution in [0.5, 0.6) is 5.75 Å². The van der Waals surface area contributed by atoms with E-state index in [1.54, 1.807) is 7.11 Å². The molecule has 2 fully saturated rings. The van der Waals surface area contributed by atoms with Crippen LogP contribution in [0.15, 0.2) is 18.2 Å². The van der Waals surface area contributed by atoms with Gasteiger partial charge in [0.15, 0.2) is 0 Å². The molecule has 1 saturated carbocycles. The molecule has 3 heteroatoms. The number of hydrogen-bond acceptors (Lipinski definition) is 3. The highest BCUT2D eigenvalue weighted by molar-refractivity contribution is 5.39. The van der Waals surface area contributed by atoms with Gasteiger partial charge in [-0.25, -0.2) is 0 Å². The lowest BCUT2D eigenvalue weighted by Gasteiger charge is -2.26. The standard InChI is InChI=1S/C18H28N2O/c1-13-7-8-18(21-3)16(9-13)17(19-2)12-20-10-14-5-4-6-15(14)11-20/h7-9,14-15,17,19H,4-6,10-12H2,1-3H3. The molecule has 1 saturated heterocycles. The number of likely N-dealkylation sites (tertiary alicyclic amines) is 1. The summed E-state index contributed by atoms with van der Waals surface area (Å²) in [6, 6.07) is 6.82. The van der Waals surface area contributed by atoms with Crippen LogP contribution in [0.1, 0.15) is 36.4 Å². The molecule has 1 N–H and O–H groups in total. The molecule has 3 rings (SSSR count). The van der Waals surface area contributed by atoms with Crippen molar-refractivity contribution in [3.63, 3.8) is 0 Å². The quantitative estimate of drug-likeness (QED) is 0.901. The van der Waals surface area contributed by atoms with Crippen LogP contribution in [-0.4, -0.2) is 38.7 Å². The van der Waals surface area contributed by atoms with Crippen molar-refractivity contribution in [3.05, 3.63) is 29.3 Å². The molecular formula is C18H28N2O. The number of fused-ring (bicyclic) bond motifs is 1. The monoisotopic (exact) mass is 288 g/mol. The van der Waals surface area contributed by atoms with Gasteiger partial charge in [0, 0.05) is 31.2 Å². The molecule has 1 aliphatic heterocycles. The Labute approximate surface area is 128 Å². The Morgan fingerprint density at radius 2 is 2.00 bits per heavy atom. The Bertz CT molecular complexity index is 476. The summed E-state index contributed by atoms with van der Waals surface area (Å²) in [6.45, 7) is 5.81. The maximum Gasteiger partial charge on any atom is 0.123 e. The van der Waals surface area contributed by atoms with Crippen molar-refractivity contribution >= 4 is 0 Å². The molecule has 0 radical (unpaired) electrons. The molecule has 0 aromatic heterocycles. The third kappa shape index (κ3) is 3.09. The van der Waals surface area contributed by atoms with Crippen LogP contribution in [0.2, 0.25) is 0 Å². The summed E-state index contributed by atoms with van der Waals surface area (Å²) < 4.78 is 5.56. The number of rotatable bonds is 5. The summed E-state index contributed by atoms with van der Waals surface area (Å²) in [4.78, 5) is 2.65. The van der Waals surface area contributed by atoms with Gasteiger partial charge < -0.3 is 15.0 Å². The molecule has 116 valence electrons. The van der Waals surface area contributed by atoms with Crippen molar-refractivity contribution < 1.29 is 4.74 Å². The van der Waals surface area contributed by atoms with E-state index < -0.39 is 0 Å². The Hall–Kier alpha value is -1.06. The second kappa shape index (κ2) is 6.37. The summed E-state index contributed by atoms with van der Waals surface area (Å²) in [6.07, 6.45) is 4.34. The van der Waals surface area contributed by atoms with E-state index >= 15 is 0 Å². The molecule has 0 amide bonds. The zero-order chi connectivity index (χ0) is 14.8. The van der Waals surface area contributed by atoms with E-state index in [9.17, 15) is 0 Å². The first-order chi connectivity index (χ1) is 10.2. The minimum Gasteiger partial charge on any atom is -0.496 e. The van der Waals surface area contributed by atoms with Crippen molar-refractivity contribution in [1.82, 2.24) is 10.2 Å². The molecular weight excluding hydrogens is 260 g/mol. The van der Waals surface area contributed by atoms with Crippen molar-refractivity contribution in [2.45, 2.75) is 32.2 Å². The molecule has 21 heavy (non-hydrogen) atoms. The van der Waals surface area contributed by atoms with Gasteiger partial charge in [-0.15, -0.1) is 0 Å². The Morgan fingerprint density at radius 3 is 2.62 bits per heavy atom. The fourth-order valence-electron chi connectivity index (χ4n) is 4.21. The van der Waals surface area contributed by atoms with Gasteiger partial charge in [-0.3, -0.25) is 0 Å². The number of aryl methyl sites for hydroxylation is 1. The summed E-state index contributed by atoms with van der Waals surface area (Å²) >= 11 is 0. The lowest BCUT2D eigenvalue weighted by molar-refractivity contribution is 0.274. The van der Waals surface area contributed by atoms with E-state index in [1.807, 2.05) is 0 Å². The van der Waals surface area contributed by atoms with E-state index in [1.165, 1.54) is 43.5 Å². The van der Waals surface area contributed by atoms with Gasteiger partial charge in [0.05, 0.1) is 7.11 Å². The summed E-state index contributed by atoms with van der Waals surface area (Å²) in [7, 11) is 3.82. The second-order valence-electron chi connectivity index (χ2n) is 6.76. The highest BCUT2D eigenvalue weighted by Gasteiger charge is 2.36. The first-order valence-electron chi connectivity index (χ1n) is 8.25. The number of methoxy groups -OCH3 is 1. The third-order valence-electron chi connectivity index (χ3n) is 5.35. The van der Waals surface area contributed by atoms with Crippen molar-refractivity contribution in [3.8, 4) is 5.75 Å². The smallest absolute Gasteiger partial charge is 0.123 e. The van der Waals surface area contributed by atoms with E-state index in [2.05, 4.69) is 42.4 Å². The van der Waals surface area contributed by atoms with Gasteiger partial charge in [-0.05, 0) is 44.7 Å². The first-order valence-corrected chi connectivity index (χ1v) is 8.25. The molecule has 0 spiro atoms. The number of likely N-dealkylation sites (N-methyl/N-ethyl adjacent to an activating group) is 1. The fourth-order valence-corrected chi connectivity index (χ4v) is 4.21. The topological polar surface area (TPSA) is 24.5 Å². The summed E-state index contributed by atoms with van der Waals surface area (Å²) in [5.41, 5.74) is 2.58. The minimum atomic E-state index is 0.346. The normalized spacial score (nSPS) is 26.8. The lowest BCUT2D eigenvalue weighted by atomic mass is 10.0. The molecule has 1 heterocycles. The highest BCUT2D eigenvalue weighted by Crippen LogP contribution is 2.38. The van der Waals surface area contributed by atoms with E-state index in [-0.39, 0.29) is 0 Å². The van der Waals surface area contributed by atoms with Crippen LogP contribution >= 0.6 is 0 Å². The average Bonchev–Trinajstić information content (AvgIpc) is 3.05. The summed E-state index contributed by atoms with van der Waals surface area (Å²) in [5.74, 6) is 2.92. The molecule has 1 aromatic carbocycles. The van der Waals surface area contributed by atoms with Crippen LogP contribution < -0.4 is 10.1 Å². The molecule has 1 aliphatic carbocycles. The number of ether oxygens (including phenoxy) is 1. The van der Waals surface area contributed by atoms with Crippen LogP contribution in [0.25, 0.3) is 0 Å². The Kier molecular flexibility index (Phi) is 4.51. The fraction of sp³-hybridized carbons (Fsp3) is 0.667. The number of benzene rings is 1. The molecule has 3 unspecified atom stereocenters. The number of nitrogens with one attached hydrogen (secondary N) is 1. The molecule has 2 aliphatic rings. The van der Waals surface area contributed by atoms with Crippen LogP contribution in [0.3, 0.4) is 0 Å². The predicted molar refractivity (Wildman–Crippen MR) is 86.8 cm³/mol. The first kappa shape index (κ1) is 14.9. The van der Waals surface area contributed by atoms with Crippen molar-refractivity contribution in [2.75, 3.05) is 33.8 Å². The van der Waals surface area contributed by atoms with Gasteiger partial charge in [-0.1, -0.05) is 24.1 Å². The maximum atomic E-state index is 5.56. The summed E-state index contributed by atoms with van der Waals surface area (Å²) in [5, 5.41) is 3.49. The van der Waals surface area contributed by atoms with Gasteiger partial charge in [0.2, 0.25) is 0 Å². The lowest BCUT2D eigenvalue weighted by Crippen LogP contribution is -2.33. The minimum absolute atomic E-state index is 0.346. The third-order valence-corrected chi connectivity index (χ3v) is 5.35. The van der Waals surface area contributed by atoms with E-state index in [4.69, 9.17) is 4.74 Å². The van der Waals surface area contributed by atoms with Gasteiger partial charge in [0.1, 0.15) is 5.75 Å². The highest BCUT2D eigenvalue weighted by atomic mass is 16.5. The largest absolute Gasteiger partial charge is 0.496 e. The number of hydrogen-bond donors (Lipinski definition) is 1. The van der Waals surface area contributed by atoms with Crippen LogP contribution in [-0.2, 0) is 0 Å². The predicted octanol–water partition coefficient (Wildman–Crippen LogP) is 3.00. The molecule has 3 atom stereocenters. The average molecular weight is 288 g/mol. The van der Waals surface area contributed by atoms with Gasteiger partial charge in [0.25, 0.3) is 0 Å². The van der Waals surface area contributed by atoms with Crippen LogP contribution in [0.4, 0.5) is 0 Å². The second-order valence-corrected chi connectivity index (χ2v) is 6.76. The van der Waals surface area contributed by atoms with Gasteiger partial charge in [-0.2, -0.15) is 0 Å². The van der Waals surface area contributed by atoms with Crippen LogP contribution in [0, 0.1) is 18.8 Å². The van der Waals surface area contributed by atoms with Crippen molar-refractivity contribution in [2.24, 2.45) is 11.8 Å². The van der Waals surface area contributed by atoms with Gasteiger partial charge >= 0.3 is 0 Å². The molecule has 3 nitrogen and oxygen atoms in total. The molecule has 0 bridgehead atoms. The number of nitrogens with zero attached hydrogens (tertiary/aromatic N) is 1. The Balaban J connectivity index is 1.72.